The fourth-order valence-electron chi connectivity index (χ4n) is 3.43. The van der Waals surface area contributed by atoms with Crippen LogP contribution < -0.4 is 22.3 Å². The molecule has 166 valence electrons. The van der Waals surface area contributed by atoms with Gasteiger partial charge in [-0.25, -0.2) is 9.37 Å². The first kappa shape index (κ1) is 21.9. The summed E-state index contributed by atoms with van der Waals surface area (Å²) in [4.78, 5) is 29.9. The highest BCUT2D eigenvalue weighted by Crippen LogP contribution is 2.29. The lowest BCUT2D eigenvalue weighted by atomic mass is 10.1. The van der Waals surface area contributed by atoms with Gasteiger partial charge < -0.3 is 16.8 Å². The van der Waals surface area contributed by atoms with Gasteiger partial charge in [0.15, 0.2) is 5.82 Å². The highest BCUT2D eigenvalue weighted by atomic mass is 35.5. The van der Waals surface area contributed by atoms with Crippen LogP contribution in [0.5, 0.6) is 0 Å². The Morgan fingerprint density at radius 1 is 1.27 bits per heavy atom. The first-order valence-electron chi connectivity index (χ1n) is 9.76. The van der Waals surface area contributed by atoms with Gasteiger partial charge in [0.2, 0.25) is 5.95 Å². The Bertz CT molecular complexity index is 1470. The van der Waals surface area contributed by atoms with Crippen LogP contribution in [0.1, 0.15) is 30.8 Å². The number of nitriles is 1. The molecule has 1 atom stereocenters. The average molecular weight is 466 g/mol. The van der Waals surface area contributed by atoms with E-state index in [9.17, 15) is 14.4 Å². The van der Waals surface area contributed by atoms with Crippen LogP contribution in [0.2, 0.25) is 5.02 Å². The van der Waals surface area contributed by atoms with Crippen molar-refractivity contribution in [3.63, 3.8) is 0 Å². The molecule has 0 spiro atoms. The lowest BCUT2D eigenvalue weighted by molar-refractivity contribution is 0.625. The number of nitrogen functional groups attached to an aromatic ring is 2. The van der Waals surface area contributed by atoms with Gasteiger partial charge in [-0.2, -0.15) is 15.2 Å². The molecule has 0 unspecified atom stereocenters. The molecule has 4 aromatic rings. The van der Waals surface area contributed by atoms with E-state index >= 15 is 0 Å². The predicted octanol–water partition coefficient (Wildman–Crippen LogP) is 2.96. The SMILES string of the molecule is CC[C@@H](Nc1nc(N)nc(N)c1C#N)c1nc2c(F)ccc(Cl)c2c(=O)n1-c1cccnc1. The summed E-state index contributed by atoms with van der Waals surface area (Å²) in [6.07, 6.45) is 3.39. The molecule has 33 heavy (non-hydrogen) atoms. The number of nitrogens with zero attached hydrogens (tertiary/aromatic N) is 6. The maximum atomic E-state index is 14.7. The molecule has 0 saturated heterocycles. The summed E-state index contributed by atoms with van der Waals surface area (Å²) in [5.41, 5.74) is 11.1. The van der Waals surface area contributed by atoms with Crippen molar-refractivity contribution in [2.24, 2.45) is 0 Å². The van der Waals surface area contributed by atoms with Crippen LogP contribution in [-0.2, 0) is 0 Å². The molecule has 10 nitrogen and oxygen atoms in total. The number of nitrogens with one attached hydrogen (secondary N) is 1. The number of halogens is 2. The second-order valence-corrected chi connectivity index (χ2v) is 7.39. The Labute approximate surface area is 191 Å². The van der Waals surface area contributed by atoms with Gasteiger partial charge in [0.05, 0.1) is 28.3 Å². The number of nitrogens with two attached hydrogens (primary N) is 2. The zero-order valence-electron chi connectivity index (χ0n) is 17.3. The standard InChI is InChI=1S/C21H17ClFN9O/c1-2-14(28-18-11(8-24)17(25)30-21(26)31-18)19-29-16-13(23)6-5-12(22)15(16)20(33)32(19)10-4-3-7-27-9-10/h3-7,9,14H,2H2,1H3,(H5,25,26,28,30,31)/t14-/m1/s1. The lowest BCUT2D eigenvalue weighted by Crippen LogP contribution is -2.29. The van der Waals surface area contributed by atoms with Crippen molar-refractivity contribution in [1.29, 1.82) is 5.26 Å². The summed E-state index contributed by atoms with van der Waals surface area (Å²) >= 11 is 6.23. The number of fused-ring (bicyclic) bond motifs is 1. The minimum atomic E-state index is -0.707. The first-order valence-corrected chi connectivity index (χ1v) is 10.1. The summed E-state index contributed by atoms with van der Waals surface area (Å²) in [6.45, 7) is 1.82. The minimum Gasteiger partial charge on any atom is -0.382 e. The van der Waals surface area contributed by atoms with E-state index in [1.165, 1.54) is 16.8 Å². The van der Waals surface area contributed by atoms with Crippen molar-refractivity contribution in [1.82, 2.24) is 24.5 Å². The number of rotatable bonds is 5. The van der Waals surface area contributed by atoms with Crippen molar-refractivity contribution in [2.45, 2.75) is 19.4 Å². The number of anilines is 3. The quantitative estimate of drug-likeness (QED) is 0.402. The van der Waals surface area contributed by atoms with E-state index in [2.05, 4.69) is 25.3 Å². The Kier molecular flexibility index (Phi) is 5.76. The first-order chi connectivity index (χ1) is 15.8. The maximum Gasteiger partial charge on any atom is 0.267 e. The molecular weight excluding hydrogens is 449 g/mol. The normalized spacial score (nSPS) is 11.8. The van der Waals surface area contributed by atoms with Crippen molar-refractivity contribution < 1.29 is 4.39 Å². The number of aromatic nitrogens is 5. The van der Waals surface area contributed by atoms with Crippen molar-refractivity contribution >= 4 is 40.1 Å². The van der Waals surface area contributed by atoms with Crippen molar-refractivity contribution in [2.75, 3.05) is 16.8 Å². The van der Waals surface area contributed by atoms with Gasteiger partial charge in [-0.05, 0) is 30.7 Å². The Morgan fingerprint density at radius 2 is 2.06 bits per heavy atom. The van der Waals surface area contributed by atoms with Crippen LogP contribution in [0.15, 0.2) is 41.5 Å². The van der Waals surface area contributed by atoms with Crippen LogP contribution in [-0.4, -0.2) is 24.5 Å². The van der Waals surface area contributed by atoms with Crippen LogP contribution in [0.25, 0.3) is 16.6 Å². The molecule has 0 fully saturated rings. The second kappa shape index (κ2) is 8.68. The van der Waals surface area contributed by atoms with Gasteiger partial charge in [-0.1, -0.05) is 18.5 Å². The fraction of sp³-hybridized carbons (Fsp3) is 0.143. The minimum absolute atomic E-state index is 0.0204. The van der Waals surface area contributed by atoms with E-state index in [-0.39, 0.29) is 44.9 Å². The summed E-state index contributed by atoms with van der Waals surface area (Å²) in [5.74, 6) is -0.722. The van der Waals surface area contributed by atoms with Gasteiger partial charge >= 0.3 is 0 Å². The summed E-state index contributed by atoms with van der Waals surface area (Å²) in [7, 11) is 0. The molecule has 3 heterocycles. The number of benzene rings is 1. The maximum absolute atomic E-state index is 14.7. The molecule has 1 aromatic carbocycles. The van der Waals surface area contributed by atoms with Gasteiger partial charge in [0, 0.05) is 6.20 Å². The van der Waals surface area contributed by atoms with Crippen LogP contribution in [0.4, 0.5) is 22.0 Å². The van der Waals surface area contributed by atoms with Crippen LogP contribution in [0.3, 0.4) is 0 Å². The molecule has 0 bridgehead atoms. The van der Waals surface area contributed by atoms with Gasteiger partial charge in [-0.3, -0.25) is 14.3 Å². The largest absolute Gasteiger partial charge is 0.382 e. The highest BCUT2D eigenvalue weighted by Gasteiger charge is 2.24. The Hall–Kier alpha value is -4.30. The Balaban J connectivity index is 2.01. The van der Waals surface area contributed by atoms with E-state index in [4.69, 9.17) is 23.1 Å². The summed E-state index contributed by atoms with van der Waals surface area (Å²) in [6, 6.07) is 6.98. The van der Waals surface area contributed by atoms with E-state index in [0.29, 0.717) is 12.1 Å². The van der Waals surface area contributed by atoms with Gasteiger partial charge in [0.1, 0.15) is 34.6 Å². The molecule has 5 N–H and O–H groups in total. The molecule has 0 aliphatic carbocycles. The smallest absolute Gasteiger partial charge is 0.267 e. The third-order valence-electron chi connectivity index (χ3n) is 4.95. The molecule has 0 saturated carbocycles. The Morgan fingerprint density at radius 3 is 2.73 bits per heavy atom. The molecule has 4 rings (SSSR count). The van der Waals surface area contributed by atoms with Gasteiger partial charge in [0.25, 0.3) is 5.56 Å². The molecule has 0 amide bonds. The number of hydrogen-bond donors (Lipinski definition) is 3. The molecule has 0 aliphatic heterocycles. The second-order valence-electron chi connectivity index (χ2n) is 6.98. The van der Waals surface area contributed by atoms with Crippen LogP contribution in [0, 0.1) is 17.1 Å². The zero-order valence-corrected chi connectivity index (χ0v) is 18.0. The van der Waals surface area contributed by atoms with E-state index in [0.717, 1.165) is 6.07 Å². The summed E-state index contributed by atoms with van der Waals surface area (Å²) < 4.78 is 16.0. The van der Waals surface area contributed by atoms with E-state index in [1.807, 2.05) is 13.0 Å². The summed E-state index contributed by atoms with van der Waals surface area (Å²) in [5, 5.41) is 12.6. The third kappa shape index (κ3) is 3.88. The molecule has 3 aromatic heterocycles. The van der Waals surface area contributed by atoms with Crippen molar-refractivity contribution in [3.8, 4) is 11.8 Å². The molecule has 12 heteroatoms. The molecule has 0 radical (unpaired) electrons. The molecular formula is C21H17ClFN9O. The van der Waals surface area contributed by atoms with E-state index < -0.39 is 17.4 Å². The zero-order chi connectivity index (χ0) is 23.7. The number of pyridine rings is 1. The lowest BCUT2D eigenvalue weighted by Gasteiger charge is -2.23. The predicted molar refractivity (Wildman–Crippen MR) is 122 cm³/mol. The number of hydrogen-bond acceptors (Lipinski definition) is 9. The molecule has 0 aliphatic rings. The third-order valence-corrected chi connectivity index (χ3v) is 5.27. The topological polar surface area (TPSA) is 161 Å². The van der Waals surface area contributed by atoms with Crippen LogP contribution >= 0.6 is 11.6 Å². The van der Waals surface area contributed by atoms with E-state index in [1.54, 1.807) is 18.3 Å². The highest BCUT2D eigenvalue weighted by molar-refractivity contribution is 6.35. The van der Waals surface area contributed by atoms with Gasteiger partial charge in [-0.15, -0.1) is 0 Å². The fourth-order valence-corrected chi connectivity index (χ4v) is 3.66. The van der Waals surface area contributed by atoms with Crippen molar-refractivity contribution in [3.05, 3.63) is 69.2 Å². The monoisotopic (exact) mass is 465 g/mol. The average Bonchev–Trinajstić information content (AvgIpc) is 2.80.